The van der Waals surface area contributed by atoms with Crippen LogP contribution in [0.3, 0.4) is 0 Å². The molecular weight excluding hydrogens is 380 g/mol. The molecule has 0 aromatic carbocycles. The lowest BCUT2D eigenvalue weighted by Crippen LogP contribution is -2.39. The lowest BCUT2D eigenvalue weighted by molar-refractivity contribution is 0.103. The normalized spacial score (nSPS) is 15.4. The molecule has 0 atom stereocenters. The Morgan fingerprint density at radius 3 is 2.56 bits per heavy atom. The molecule has 25 heavy (non-hydrogen) atoms. The van der Waals surface area contributed by atoms with Crippen LogP contribution in [0.5, 0.6) is 0 Å². The molecule has 1 amide bonds. The summed E-state index contributed by atoms with van der Waals surface area (Å²) in [6.07, 6.45) is 0.562. The number of fused-ring (bicyclic) bond motifs is 1. The fraction of sp³-hybridized carbons (Fsp3) is 0.533. The molecule has 1 aliphatic rings. The molecular formula is C15H20N4O3S3. The fourth-order valence-corrected chi connectivity index (χ4v) is 5.80. The molecule has 0 fully saturated rings. The first-order chi connectivity index (χ1) is 11.7. The Balaban J connectivity index is 1.77. The van der Waals surface area contributed by atoms with Crippen LogP contribution in [0.2, 0.25) is 0 Å². The highest BCUT2D eigenvalue weighted by Gasteiger charge is 2.31. The summed E-state index contributed by atoms with van der Waals surface area (Å²) in [7, 11) is -3.28. The first-order valence-electron chi connectivity index (χ1n) is 7.91. The maximum absolute atomic E-state index is 12.4. The molecule has 0 radical (unpaired) electrons. The van der Waals surface area contributed by atoms with Gasteiger partial charge in [-0.25, -0.2) is 18.4 Å². The highest BCUT2D eigenvalue weighted by Crippen LogP contribution is 2.31. The summed E-state index contributed by atoms with van der Waals surface area (Å²) in [5.41, 5.74) is 1.57. The first kappa shape index (κ1) is 18.4. The number of rotatable bonds is 4. The van der Waals surface area contributed by atoms with Crippen molar-refractivity contribution in [2.75, 3.05) is 11.9 Å². The zero-order chi connectivity index (χ0) is 18.4. The lowest BCUT2D eigenvalue weighted by atomic mass is 10.2. The van der Waals surface area contributed by atoms with E-state index in [9.17, 15) is 13.2 Å². The van der Waals surface area contributed by atoms with Crippen molar-refractivity contribution in [1.29, 1.82) is 0 Å². The van der Waals surface area contributed by atoms with E-state index >= 15 is 0 Å². The molecule has 0 saturated heterocycles. The zero-order valence-electron chi connectivity index (χ0n) is 14.5. The average Bonchev–Trinajstić information content (AvgIpc) is 3.08. The Morgan fingerprint density at radius 2 is 1.96 bits per heavy atom. The zero-order valence-corrected chi connectivity index (χ0v) is 16.9. The van der Waals surface area contributed by atoms with Crippen LogP contribution in [0.4, 0.5) is 5.13 Å². The number of aromatic nitrogens is 2. The van der Waals surface area contributed by atoms with Crippen LogP contribution in [0, 0.1) is 13.8 Å². The van der Waals surface area contributed by atoms with Gasteiger partial charge in [-0.3, -0.25) is 10.1 Å². The minimum atomic E-state index is -3.28. The number of carbonyl (C=O) groups is 1. The van der Waals surface area contributed by atoms with Crippen molar-refractivity contribution in [3.05, 3.63) is 26.1 Å². The smallest absolute Gasteiger partial charge is 0.269 e. The van der Waals surface area contributed by atoms with Crippen molar-refractivity contribution >= 4 is 43.7 Å². The van der Waals surface area contributed by atoms with Crippen LogP contribution >= 0.6 is 22.7 Å². The van der Waals surface area contributed by atoms with Crippen LogP contribution < -0.4 is 5.32 Å². The molecule has 2 aromatic rings. The van der Waals surface area contributed by atoms with Crippen LogP contribution in [0.15, 0.2) is 0 Å². The number of nitrogens with zero attached hydrogens (tertiary/aromatic N) is 3. The Kier molecular flexibility index (Phi) is 4.97. The van der Waals surface area contributed by atoms with Gasteiger partial charge < -0.3 is 0 Å². The number of sulfonamides is 1. The van der Waals surface area contributed by atoms with Crippen molar-refractivity contribution in [3.8, 4) is 0 Å². The van der Waals surface area contributed by atoms with Crippen molar-refractivity contribution < 1.29 is 13.2 Å². The van der Waals surface area contributed by atoms with E-state index in [4.69, 9.17) is 0 Å². The number of carbonyl (C=O) groups excluding carboxylic acids is 1. The second-order valence-electron chi connectivity index (χ2n) is 6.17. The Morgan fingerprint density at radius 1 is 1.24 bits per heavy atom. The summed E-state index contributed by atoms with van der Waals surface area (Å²) in [6, 6.07) is 0. The second-order valence-corrected chi connectivity index (χ2v) is 10.9. The highest BCUT2D eigenvalue weighted by atomic mass is 32.2. The Bertz CT molecular complexity index is 915. The maximum atomic E-state index is 12.4. The van der Waals surface area contributed by atoms with E-state index in [0.717, 1.165) is 15.6 Å². The van der Waals surface area contributed by atoms with Crippen LogP contribution in [0.1, 0.15) is 44.8 Å². The first-order valence-corrected chi connectivity index (χ1v) is 11.0. The summed E-state index contributed by atoms with van der Waals surface area (Å²) >= 11 is 2.69. The quantitative estimate of drug-likeness (QED) is 0.851. The third-order valence-electron chi connectivity index (χ3n) is 3.98. The molecule has 1 N–H and O–H groups in total. The van der Waals surface area contributed by atoms with Gasteiger partial charge in [0.05, 0.1) is 21.6 Å². The lowest BCUT2D eigenvalue weighted by Gasteiger charge is -2.26. The number of hydrogen-bond acceptors (Lipinski definition) is 7. The van der Waals surface area contributed by atoms with E-state index in [0.29, 0.717) is 35.2 Å². The number of amides is 1. The average molecular weight is 401 g/mol. The van der Waals surface area contributed by atoms with Gasteiger partial charge in [0.15, 0.2) is 5.13 Å². The minimum Gasteiger partial charge on any atom is -0.297 e. The molecule has 0 saturated carbocycles. The molecule has 10 heteroatoms. The molecule has 2 aromatic heterocycles. The van der Waals surface area contributed by atoms with Crippen LogP contribution in [0.25, 0.3) is 0 Å². The van der Waals surface area contributed by atoms with Crippen LogP contribution in [-0.2, 0) is 23.0 Å². The van der Waals surface area contributed by atoms with E-state index in [1.807, 2.05) is 6.92 Å². The SMILES string of the molecule is Cc1nc(C)c(C(=O)Nc2nc3c(s2)CN(S(=O)(=O)C(C)C)CC3)s1. The topological polar surface area (TPSA) is 92.3 Å². The number of aryl methyl sites for hydroxylation is 2. The molecule has 136 valence electrons. The standard InChI is InChI=1S/C15H20N4O3S3/c1-8(2)25(21,22)19-6-5-11-12(7-19)24-15(17-11)18-14(20)13-9(3)16-10(4)23-13/h8H,5-7H2,1-4H3,(H,17,18,20). The molecule has 1 aliphatic heterocycles. The van der Waals surface area contributed by atoms with Crippen molar-refractivity contribution in [1.82, 2.24) is 14.3 Å². The summed E-state index contributed by atoms with van der Waals surface area (Å²) in [5, 5.41) is 3.72. The number of anilines is 1. The van der Waals surface area contributed by atoms with Gasteiger partial charge in [-0.1, -0.05) is 0 Å². The molecule has 0 bridgehead atoms. The van der Waals surface area contributed by atoms with Crippen molar-refractivity contribution in [3.63, 3.8) is 0 Å². The van der Waals surface area contributed by atoms with E-state index in [1.165, 1.54) is 27.0 Å². The second kappa shape index (κ2) is 6.75. The minimum absolute atomic E-state index is 0.221. The summed E-state index contributed by atoms with van der Waals surface area (Å²) in [4.78, 5) is 22.6. The van der Waals surface area contributed by atoms with Crippen molar-refractivity contribution in [2.24, 2.45) is 0 Å². The molecule has 3 rings (SSSR count). The van der Waals surface area contributed by atoms with Gasteiger partial charge >= 0.3 is 0 Å². The summed E-state index contributed by atoms with van der Waals surface area (Å²) < 4.78 is 26.2. The van der Waals surface area contributed by atoms with Gasteiger partial charge in [0.25, 0.3) is 5.91 Å². The number of thiazole rings is 2. The predicted octanol–water partition coefficient (Wildman–Crippen LogP) is 2.57. The van der Waals surface area contributed by atoms with Gasteiger partial charge in [-0.05, 0) is 27.7 Å². The number of hydrogen-bond donors (Lipinski definition) is 1. The fourth-order valence-electron chi connectivity index (χ4n) is 2.64. The summed E-state index contributed by atoms with van der Waals surface area (Å²) in [6.45, 7) is 7.78. The van der Waals surface area contributed by atoms with Crippen LogP contribution in [-0.4, -0.2) is 40.4 Å². The third kappa shape index (κ3) is 3.62. The molecule has 0 unspecified atom stereocenters. The van der Waals surface area contributed by atoms with E-state index in [1.54, 1.807) is 20.8 Å². The maximum Gasteiger partial charge on any atom is 0.269 e. The highest BCUT2D eigenvalue weighted by molar-refractivity contribution is 7.89. The monoisotopic (exact) mass is 400 g/mol. The van der Waals surface area contributed by atoms with Crippen molar-refractivity contribution in [2.45, 2.75) is 45.9 Å². The predicted molar refractivity (Wildman–Crippen MR) is 99.8 cm³/mol. The van der Waals surface area contributed by atoms with E-state index in [2.05, 4.69) is 15.3 Å². The third-order valence-corrected chi connectivity index (χ3v) is 8.27. The Labute approximate surface area is 155 Å². The summed E-state index contributed by atoms with van der Waals surface area (Å²) in [5.74, 6) is -0.221. The van der Waals surface area contributed by atoms with Gasteiger partial charge in [0.2, 0.25) is 10.0 Å². The molecule has 7 nitrogen and oxygen atoms in total. The molecule has 0 aliphatic carbocycles. The van der Waals surface area contributed by atoms with E-state index < -0.39 is 15.3 Å². The number of nitrogens with one attached hydrogen (secondary N) is 1. The Hall–Kier alpha value is -1.36. The largest absolute Gasteiger partial charge is 0.297 e. The van der Waals surface area contributed by atoms with Gasteiger partial charge in [0, 0.05) is 24.4 Å². The van der Waals surface area contributed by atoms with Gasteiger partial charge in [0.1, 0.15) is 4.88 Å². The molecule has 3 heterocycles. The molecule has 0 spiro atoms. The van der Waals surface area contributed by atoms with Gasteiger partial charge in [-0.15, -0.1) is 22.7 Å². The van der Waals surface area contributed by atoms with E-state index in [-0.39, 0.29) is 5.91 Å². The van der Waals surface area contributed by atoms with Gasteiger partial charge in [-0.2, -0.15) is 4.31 Å².